The van der Waals surface area contributed by atoms with Gasteiger partial charge in [0.25, 0.3) is 5.91 Å². The minimum Gasteiger partial charge on any atom is -0.508 e. The third-order valence-corrected chi connectivity index (χ3v) is 2.28. The molecule has 76 valence electrons. The van der Waals surface area contributed by atoms with Gasteiger partial charge in [0.1, 0.15) is 5.75 Å². The fraction of sp³-hybridized carbons (Fsp3) is 0.364. The number of carbonyl (C=O) groups is 1. The number of phenolic OH excluding ortho intramolecular Hbond substituents is 1. The highest BCUT2D eigenvalue weighted by molar-refractivity contribution is 5.94. The standard InChI is InChI=1S/C11H15NO2/c1-4-12(3)11(14)9-6-5-8(2)10(13)7-9/h5-7,13H,4H2,1-3H3. The van der Waals surface area contributed by atoms with Crippen LogP contribution in [0.4, 0.5) is 0 Å². The number of carbonyl (C=O) groups excluding carboxylic acids is 1. The molecule has 0 atom stereocenters. The maximum absolute atomic E-state index is 11.7. The lowest BCUT2D eigenvalue weighted by atomic mass is 10.1. The molecule has 0 aliphatic carbocycles. The van der Waals surface area contributed by atoms with Gasteiger partial charge < -0.3 is 10.0 Å². The van der Waals surface area contributed by atoms with Gasteiger partial charge in [-0.3, -0.25) is 4.79 Å². The summed E-state index contributed by atoms with van der Waals surface area (Å²) in [6.45, 7) is 4.37. The van der Waals surface area contributed by atoms with Crippen LogP contribution in [0.25, 0.3) is 0 Å². The SMILES string of the molecule is CCN(C)C(=O)c1ccc(C)c(O)c1. The first-order valence-electron chi connectivity index (χ1n) is 4.61. The molecule has 0 spiro atoms. The molecular weight excluding hydrogens is 178 g/mol. The van der Waals surface area contributed by atoms with E-state index >= 15 is 0 Å². The number of hydrogen-bond acceptors (Lipinski definition) is 2. The molecule has 0 heterocycles. The first-order chi connectivity index (χ1) is 6.56. The van der Waals surface area contributed by atoms with Crippen LogP contribution in [0, 0.1) is 6.92 Å². The van der Waals surface area contributed by atoms with Gasteiger partial charge >= 0.3 is 0 Å². The summed E-state index contributed by atoms with van der Waals surface area (Å²) in [5.41, 5.74) is 1.30. The summed E-state index contributed by atoms with van der Waals surface area (Å²) in [4.78, 5) is 13.3. The van der Waals surface area contributed by atoms with Crippen LogP contribution in [0.5, 0.6) is 5.75 Å². The van der Waals surface area contributed by atoms with E-state index in [9.17, 15) is 9.90 Å². The van der Waals surface area contributed by atoms with E-state index in [4.69, 9.17) is 0 Å². The van der Waals surface area contributed by atoms with Crippen LogP contribution in [0.1, 0.15) is 22.8 Å². The van der Waals surface area contributed by atoms with Crippen molar-refractivity contribution in [1.29, 1.82) is 0 Å². The summed E-state index contributed by atoms with van der Waals surface area (Å²) in [6.07, 6.45) is 0. The largest absolute Gasteiger partial charge is 0.508 e. The molecule has 0 unspecified atom stereocenters. The second kappa shape index (κ2) is 4.13. The van der Waals surface area contributed by atoms with Crippen molar-refractivity contribution < 1.29 is 9.90 Å². The van der Waals surface area contributed by atoms with E-state index in [1.807, 2.05) is 6.92 Å². The summed E-state index contributed by atoms with van der Waals surface area (Å²) in [5, 5.41) is 9.43. The first kappa shape index (κ1) is 10.6. The van der Waals surface area contributed by atoms with E-state index in [0.717, 1.165) is 5.56 Å². The number of rotatable bonds is 2. The van der Waals surface area contributed by atoms with Crippen LogP contribution >= 0.6 is 0 Å². The molecule has 0 saturated carbocycles. The normalized spacial score (nSPS) is 9.93. The molecule has 1 rings (SSSR count). The average Bonchev–Trinajstić information content (AvgIpc) is 2.20. The molecule has 3 heteroatoms. The number of hydrogen-bond donors (Lipinski definition) is 1. The highest BCUT2D eigenvalue weighted by Crippen LogP contribution is 2.18. The van der Waals surface area contributed by atoms with Crippen molar-refractivity contribution in [3.8, 4) is 5.75 Å². The fourth-order valence-electron chi connectivity index (χ4n) is 1.11. The molecular formula is C11H15NO2. The Morgan fingerprint density at radius 2 is 2.14 bits per heavy atom. The Bertz CT molecular complexity index is 347. The molecule has 0 aliphatic heterocycles. The molecule has 0 bridgehead atoms. The van der Waals surface area contributed by atoms with E-state index in [0.29, 0.717) is 12.1 Å². The van der Waals surface area contributed by atoms with Crippen molar-refractivity contribution in [2.75, 3.05) is 13.6 Å². The molecule has 0 radical (unpaired) electrons. The molecule has 0 saturated heterocycles. The predicted molar refractivity (Wildman–Crippen MR) is 55.5 cm³/mol. The Morgan fingerprint density at radius 3 is 2.64 bits per heavy atom. The predicted octanol–water partition coefficient (Wildman–Crippen LogP) is 1.79. The van der Waals surface area contributed by atoms with E-state index in [-0.39, 0.29) is 11.7 Å². The quantitative estimate of drug-likeness (QED) is 0.778. The zero-order valence-corrected chi connectivity index (χ0v) is 8.74. The lowest BCUT2D eigenvalue weighted by Gasteiger charge is -2.14. The third kappa shape index (κ3) is 2.05. The van der Waals surface area contributed by atoms with Gasteiger partial charge in [-0.2, -0.15) is 0 Å². The van der Waals surface area contributed by atoms with Crippen LogP contribution in [0.3, 0.4) is 0 Å². The molecule has 1 N–H and O–H groups in total. The van der Waals surface area contributed by atoms with Crippen LogP contribution in [-0.4, -0.2) is 29.5 Å². The highest BCUT2D eigenvalue weighted by atomic mass is 16.3. The summed E-state index contributed by atoms with van der Waals surface area (Å²) in [7, 11) is 1.74. The molecule has 1 aromatic rings. The highest BCUT2D eigenvalue weighted by Gasteiger charge is 2.10. The van der Waals surface area contributed by atoms with Gasteiger partial charge in [0.05, 0.1) is 0 Å². The average molecular weight is 193 g/mol. The first-order valence-corrected chi connectivity index (χ1v) is 4.61. The monoisotopic (exact) mass is 193 g/mol. The Kier molecular flexibility index (Phi) is 3.12. The smallest absolute Gasteiger partial charge is 0.253 e. The number of aromatic hydroxyl groups is 1. The van der Waals surface area contributed by atoms with Crippen molar-refractivity contribution in [2.24, 2.45) is 0 Å². The van der Waals surface area contributed by atoms with Crippen molar-refractivity contribution in [3.63, 3.8) is 0 Å². The minimum atomic E-state index is -0.0669. The molecule has 0 fully saturated rings. The molecule has 1 aromatic carbocycles. The summed E-state index contributed by atoms with van der Waals surface area (Å²) < 4.78 is 0. The fourth-order valence-corrected chi connectivity index (χ4v) is 1.11. The van der Waals surface area contributed by atoms with Gasteiger partial charge in [-0.15, -0.1) is 0 Å². The van der Waals surface area contributed by atoms with Crippen LogP contribution in [0.15, 0.2) is 18.2 Å². The van der Waals surface area contributed by atoms with E-state index in [1.54, 1.807) is 31.0 Å². The van der Waals surface area contributed by atoms with Crippen molar-refractivity contribution >= 4 is 5.91 Å². The zero-order chi connectivity index (χ0) is 10.7. The van der Waals surface area contributed by atoms with Gasteiger partial charge in [0.15, 0.2) is 0 Å². The molecule has 3 nitrogen and oxygen atoms in total. The maximum atomic E-state index is 11.7. The van der Waals surface area contributed by atoms with Crippen LogP contribution in [0.2, 0.25) is 0 Å². The van der Waals surface area contributed by atoms with Gasteiger partial charge in [0.2, 0.25) is 0 Å². The number of benzene rings is 1. The maximum Gasteiger partial charge on any atom is 0.253 e. The van der Waals surface area contributed by atoms with Crippen molar-refractivity contribution in [1.82, 2.24) is 4.90 Å². The molecule has 0 aliphatic rings. The van der Waals surface area contributed by atoms with Crippen LogP contribution < -0.4 is 0 Å². The van der Waals surface area contributed by atoms with Crippen molar-refractivity contribution in [3.05, 3.63) is 29.3 Å². The van der Waals surface area contributed by atoms with E-state index in [1.165, 1.54) is 6.07 Å². The second-order valence-corrected chi connectivity index (χ2v) is 3.32. The summed E-state index contributed by atoms with van der Waals surface area (Å²) >= 11 is 0. The van der Waals surface area contributed by atoms with Gasteiger partial charge in [0, 0.05) is 19.2 Å². The lowest BCUT2D eigenvalue weighted by molar-refractivity contribution is 0.0802. The topological polar surface area (TPSA) is 40.5 Å². The number of aryl methyl sites for hydroxylation is 1. The lowest BCUT2D eigenvalue weighted by Crippen LogP contribution is -2.26. The molecule has 14 heavy (non-hydrogen) atoms. The Labute approximate surface area is 84.0 Å². The number of nitrogens with zero attached hydrogens (tertiary/aromatic N) is 1. The Balaban J connectivity index is 2.97. The third-order valence-electron chi connectivity index (χ3n) is 2.28. The summed E-state index contributed by atoms with van der Waals surface area (Å²) in [5.74, 6) is 0.100. The molecule has 1 amide bonds. The second-order valence-electron chi connectivity index (χ2n) is 3.32. The molecule has 0 aromatic heterocycles. The zero-order valence-electron chi connectivity index (χ0n) is 8.74. The van der Waals surface area contributed by atoms with Gasteiger partial charge in [-0.25, -0.2) is 0 Å². The van der Waals surface area contributed by atoms with Crippen LogP contribution in [-0.2, 0) is 0 Å². The number of amides is 1. The minimum absolute atomic E-state index is 0.0669. The van der Waals surface area contributed by atoms with Crippen molar-refractivity contribution in [2.45, 2.75) is 13.8 Å². The van der Waals surface area contributed by atoms with Gasteiger partial charge in [-0.1, -0.05) is 6.07 Å². The number of phenols is 1. The van der Waals surface area contributed by atoms with E-state index in [2.05, 4.69) is 0 Å². The summed E-state index contributed by atoms with van der Waals surface area (Å²) in [6, 6.07) is 4.97. The Hall–Kier alpha value is -1.51. The Morgan fingerprint density at radius 1 is 1.50 bits per heavy atom. The van der Waals surface area contributed by atoms with Gasteiger partial charge in [-0.05, 0) is 31.5 Å². The van der Waals surface area contributed by atoms with E-state index < -0.39 is 0 Å².